The molecular formula is C19H20F3N3O2. The molecule has 0 heterocycles. The van der Waals surface area contributed by atoms with Crippen LogP contribution in [-0.2, 0) is 6.18 Å². The number of alkyl halides is 3. The van der Waals surface area contributed by atoms with Crippen molar-refractivity contribution in [1.82, 2.24) is 10.2 Å². The van der Waals surface area contributed by atoms with Gasteiger partial charge in [0.15, 0.2) is 0 Å². The van der Waals surface area contributed by atoms with Crippen molar-refractivity contribution in [2.24, 2.45) is 0 Å². The lowest BCUT2D eigenvalue weighted by Crippen LogP contribution is -2.31. The normalized spacial score (nSPS) is 11.3. The van der Waals surface area contributed by atoms with Crippen LogP contribution in [0.4, 0.5) is 18.9 Å². The highest BCUT2D eigenvalue weighted by molar-refractivity contribution is 6.06. The van der Waals surface area contributed by atoms with Crippen molar-refractivity contribution in [3.8, 4) is 0 Å². The molecule has 2 N–H and O–H groups in total. The minimum Gasteiger partial charge on any atom is -0.351 e. The minimum atomic E-state index is -4.59. The van der Waals surface area contributed by atoms with E-state index in [0.717, 1.165) is 6.07 Å². The van der Waals surface area contributed by atoms with E-state index in [9.17, 15) is 22.8 Å². The lowest BCUT2D eigenvalue weighted by Gasteiger charge is -2.14. The molecule has 0 radical (unpaired) electrons. The van der Waals surface area contributed by atoms with Crippen molar-refractivity contribution in [3.05, 3.63) is 65.2 Å². The number of likely N-dealkylation sites (N-methyl/N-ethyl adjacent to an activating group) is 1. The number of carbonyl (C=O) groups excluding carboxylic acids is 2. The van der Waals surface area contributed by atoms with Crippen molar-refractivity contribution in [2.45, 2.75) is 6.18 Å². The predicted molar refractivity (Wildman–Crippen MR) is 96.7 cm³/mol. The van der Waals surface area contributed by atoms with Crippen LogP contribution in [0.1, 0.15) is 26.3 Å². The Morgan fingerprint density at radius 3 is 2.22 bits per heavy atom. The third kappa shape index (κ3) is 5.82. The van der Waals surface area contributed by atoms with Gasteiger partial charge in [0.25, 0.3) is 11.8 Å². The maximum atomic E-state index is 13.0. The van der Waals surface area contributed by atoms with Crippen LogP contribution < -0.4 is 10.6 Å². The molecule has 0 saturated carbocycles. The highest BCUT2D eigenvalue weighted by Gasteiger charge is 2.33. The number of halogens is 3. The number of carbonyl (C=O) groups is 2. The van der Waals surface area contributed by atoms with Crippen LogP contribution in [0.2, 0.25) is 0 Å². The van der Waals surface area contributed by atoms with Gasteiger partial charge in [-0.3, -0.25) is 9.59 Å². The van der Waals surface area contributed by atoms with Crippen molar-refractivity contribution in [1.29, 1.82) is 0 Å². The summed E-state index contributed by atoms with van der Waals surface area (Å²) in [4.78, 5) is 26.4. The number of anilines is 1. The molecular weight excluding hydrogens is 359 g/mol. The van der Waals surface area contributed by atoms with Gasteiger partial charge in [0.2, 0.25) is 0 Å². The van der Waals surface area contributed by atoms with E-state index in [0.29, 0.717) is 13.1 Å². The standard InChI is InChI=1S/C19H20F3N3O2/c1-25(2)11-10-23-17(26)13-6-5-7-14(12-13)18(27)24-16-9-4-3-8-15(16)19(20,21)22/h3-9,12H,10-11H2,1-2H3,(H,23,26)(H,24,27). The molecule has 0 aliphatic heterocycles. The van der Waals surface area contributed by atoms with Crippen LogP contribution in [0.3, 0.4) is 0 Å². The van der Waals surface area contributed by atoms with Crippen LogP contribution in [-0.4, -0.2) is 43.9 Å². The van der Waals surface area contributed by atoms with E-state index < -0.39 is 17.6 Å². The monoisotopic (exact) mass is 379 g/mol. The smallest absolute Gasteiger partial charge is 0.351 e. The fraction of sp³-hybridized carbons (Fsp3) is 0.263. The molecule has 8 heteroatoms. The molecule has 0 saturated heterocycles. The Morgan fingerprint density at radius 2 is 1.59 bits per heavy atom. The van der Waals surface area contributed by atoms with Gasteiger partial charge < -0.3 is 15.5 Å². The van der Waals surface area contributed by atoms with Crippen LogP contribution in [0, 0.1) is 0 Å². The first-order chi connectivity index (χ1) is 12.7. The third-order valence-electron chi connectivity index (χ3n) is 3.71. The average molecular weight is 379 g/mol. The first-order valence-electron chi connectivity index (χ1n) is 8.19. The fourth-order valence-electron chi connectivity index (χ4n) is 2.33. The maximum absolute atomic E-state index is 13.0. The van der Waals surface area contributed by atoms with Gasteiger partial charge in [-0.1, -0.05) is 18.2 Å². The number of amides is 2. The van der Waals surface area contributed by atoms with Gasteiger partial charge in [-0.05, 0) is 44.4 Å². The van der Waals surface area contributed by atoms with Crippen LogP contribution in [0.15, 0.2) is 48.5 Å². The predicted octanol–water partition coefficient (Wildman–Crippen LogP) is 3.25. The minimum absolute atomic E-state index is 0.0900. The topological polar surface area (TPSA) is 61.4 Å². The molecule has 0 fully saturated rings. The van der Waals surface area contributed by atoms with Gasteiger partial charge in [0.05, 0.1) is 11.3 Å². The molecule has 2 rings (SSSR count). The first kappa shape index (κ1) is 20.4. The van der Waals surface area contributed by atoms with E-state index in [-0.39, 0.29) is 22.7 Å². The first-order valence-corrected chi connectivity index (χ1v) is 8.19. The molecule has 0 aromatic heterocycles. The summed E-state index contributed by atoms with van der Waals surface area (Å²) >= 11 is 0. The fourth-order valence-corrected chi connectivity index (χ4v) is 2.33. The van der Waals surface area contributed by atoms with Gasteiger partial charge in [0, 0.05) is 24.2 Å². The summed E-state index contributed by atoms with van der Waals surface area (Å²) in [6.45, 7) is 1.08. The molecule has 5 nitrogen and oxygen atoms in total. The number of hydrogen-bond acceptors (Lipinski definition) is 3. The van der Waals surface area contributed by atoms with Crippen molar-refractivity contribution in [2.75, 3.05) is 32.5 Å². The second-order valence-electron chi connectivity index (χ2n) is 6.14. The van der Waals surface area contributed by atoms with Crippen LogP contribution in [0.5, 0.6) is 0 Å². The Hall–Kier alpha value is -2.87. The van der Waals surface area contributed by atoms with Gasteiger partial charge in [-0.15, -0.1) is 0 Å². The molecule has 27 heavy (non-hydrogen) atoms. The zero-order chi connectivity index (χ0) is 20.0. The van der Waals surface area contributed by atoms with E-state index >= 15 is 0 Å². The Kier molecular flexibility index (Phi) is 6.57. The van der Waals surface area contributed by atoms with Gasteiger partial charge in [-0.25, -0.2) is 0 Å². The largest absolute Gasteiger partial charge is 0.418 e. The Bertz CT molecular complexity index is 820. The molecule has 0 bridgehead atoms. The quantitative estimate of drug-likeness (QED) is 0.810. The van der Waals surface area contributed by atoms with E-state index in [2.05, 4.69) is 10.6 Å². The average Bonchev–Trinajstić information content (AvgIpc) is 2.61. The summed E-state index contributed by atoms with van der Waals surface area (Å²) in [6, 6.07) is 10.5. The highest BCUT2D eigenvalue weighted by atomic mass is 19.4. The summed E-state index contributed by atoms with van der Waals surface area (Å²) in [5, 5.41) is 4.97. The molecule has 0 aliphatic carbocycles. The van der Waals surface area contributed by atoms with Crippen LogP contribution >= 0.6 is 0 Å². The SMILES string of the molecule is CN(C)CCNC(=O)c1cccc(C(=O)Nc2ccccc2C(F)(F)F)c1. The Labute approximate surface area is 155 Å². The summed E-state index contributed by atoms with van der Waals surface area (Å²) in [6.07, 6.45) is -4.59. The number of nitrogens with zero attached hydrogens (tertiary/aromatic N) is 1. The summed E-state index contributed by atoms with van der Waals surface area (Å²) in [5.74, 6) is -1.09. The Balaban J connectivity index is 2.13. The van der Waals surface area contributed by atoms with E-state index in [1.54, 1.807) is 0 Å². The van der Waals surface area contributed by atoms with Crippen molar-refractivity contribution < 1.29 is 22.8 Å². The number of rotatable bonds is 6. The van der Waals surface area contributed by atoms with E-state index in [1.165, 1.54) is 42.5 Å². The Morgan fingerprint density at radius 1 is 0.963 bits per heavy atom. The van der Waals surface area contributed by atoms with Gasteiger partial charge >= 0.3 is 6.18 Å². The van der Waals surface area contributed by atoms with E-state index in [1.807, 2.05) is 19.0 Å². The number of para-hydroxylation sites is 1. The molecule has 0 aliphatic rings. The zero-order valence-corrected chi connectivity index (χ0v) is 14.9. The second-order valence-corrected chi connectivity index (χ2v) is 6.14. The molecule has 2 aromatic rings. The van der Waals surface area contributed by atoms with Crippen molar-refractivity contribution in [3.63, 3.8) is 0 Å². The highest BCUT2D eigenvalue weighted by Crippen LogP contribution is 2.34. The van der Waals surface area contributed by atoms with Crippen LogP contribution in [0.25, 0.3) is 0 Å². The summed E-state index contributed by atoms with van der Waals surface area (Å²) in [7, 11) is 3.74. The van der Waals surface area contributed by atoms with Gasteiger partial charge in [-0.2, -0.15) is 13.2 Å². The lowest BCUT2D eigenvalue weighted by molar-refractivity contribution is -0.136. The third-order valence-corrected chi connectivity index (χ3v) is 3.71. The molecule has 2 amide bonds. The van der Waals surface area contributed by atoms with E-state index in [4.69, 9.17) is 0 Å². The zero-order valence-electron chi connectivity index (χ0n) is 14.9. The summed E-state index contributed by atoms with van der Waals surface area (Å²) < 4.78 is 39.1. The lowest BCUT2D eigenvalue weighted by atomic mass is 10.1. The number of benzene rings is 2. The molecule has 0 atom stereocenters. The molecule has 2 aromatic carbocycles. The molecule has 0 spiro atoms. The maximum Gasteiger partial charge on any atom is 0.418 e. The number of hydrogen-bond donors (Lipinski definition) is 2. The second kappa shape index (κ2) is 8.68. The number of nitrogens with one attached hydrogen (secondary N) is 2. The molecule has 0 unspecified atom stereocenters. The summed E-state index contributed by atoms with van der Waals surface area (Å²) in [5.41, 5.74) is -0.926. The van der Waals surface area contributed by atoms with Crippen molar-refractivity contribution >= 4 is 17.5 Å². The van der Waals surface area contributed by atoms with Gasteiger partial charge in [0.1, 0.15) is 0 Å². The molecule has 144 valence electrons.